The molecule has 29 heavy (non-hydrogen) atoms. The number of hydrogen-bond donors (Lipinski definition) is 3. The normalized spacial score (nSPS) is 16.5. The van der Waals surface area contributed by atoms with Gasteiger partial charge in [-0.15, -0.1) is 0 Å². The molecule has 2 aromatic heterocycles. The summed E-state index contributed by atoms with van der Waals surface area (Å²) in [4.78, 5) is 33.8. The maximum Gasteiger partial charge on any atom is 0.254 e. The van der Waals surface area contributed by atoms with Crippen molar-refractivity contribution in [3.05, 3.63) is 36.8 Å². The Hall–Kier alpha value is -3.43. The van der Waals surface area contributed by atoms with E-state index in [9.17, 15) is 9.59 Å². The van der Waals surface area contributed by atoms with Crippen LogP contribution in [0.1, 0.15) is 43.1 Å². The highest BCUT2D eigenvalue weighted by Crippen LogP contribution is 2.24. The van der Waals surface area contributed by atoms with E-state index in [1.54, 1.807) is 11.1 Å². The first kappa shape index (κ1) is 20.3. The molecule has 0 bridgehead atoms. The topological polar surface area (TPSA) is 131 Å². The standard InChI is InChI=1S/C19H26N8O2/c1-4-16(28)26-7-5-6-14(11-26)27-10-13(8-22-27)24-19-21-9-15(17(20)29)18(25-19)23-12(2)3/h4,8-10,12,14H,1,5-7,11H2,2-3H3,(H2,20,29)(H2,21,23,24,25)/t14-/m1/s1. The number of nitrogens with zero attached hydrogens (tertiary/aromatic N) is 5. The Morgan fingerprint density at radius 3 is 2.86 bits per heavy atom. The van der Waals surface area contributed by atoms with Gasteiger partial charge in [-0.25, -0.2) is 4.98 Å². The molecule has 1 fully saturated rings. The van der Waals surface area contributed by atoms with Gasteiger partial charge in [-0.05, 0) is 32.8 Å². The average Bonchev–Trinajstić information content (AvgIpc) is 3.15. The molecule has 1 aliphatic heterocycles. The van der Waals surface area contributed by atoms with E-state index in [4.69, 9.17) is 5.73 Å². The number of anilines is 3. The lowest BCUT2D eigenvalue weighted by Crippen LogP contribution is -2.39. The Bertz CT molecular complexity index is 907. The molecule has 1 saturated heterocycles. The van der Waals surface area contributed by atoms with E-state index in [2.05, 4.69) is 32.3 Å². The summed E-state index contributed by atoms with van der Waals surface area (Å²) in [5, 5.41) is 10.6. The van der Waals surface area contributed by atoms with Crippen LogP contribution < -0.4 is 16.4 Å². The van der Waals surface area contributed by atoms with E-state index in [0.717, 1.165) is 19.4 Å². The largest absolute Gasteiger partial charge is 0.367 e. The molecule has 10 nitrogen and oxygen atoms in total. The molecule has 3 rings (SSSR count). The molecule has 0 unspecified atom stereocenters. The van der Waals surface area contributed by atoms with E-state index >= 15 is 0 Å². The SMILES string of the molecule is C=CC(=O)N1CCC[C@@H](n2cc(Nc3ncc(C(N)=O)c(NC(C)C)n3)cn2)C1. The van der Waals surface area contributed by atoms with Crippen molar-refractivity contribution in [2.24, 2.45) is 5.73 Å². The number of amides is 2. The summed E-state index contributed by atoms with van der Waals surface area (Å²) in [6.45, 7) is 8.76. The molecule has 154 valence electrons. The number of hydrogen-bond acceptors (Lipinski definition) is 7. The van der Waals surface area contributed by atoms with Crippen molar-refractivity contribution in [2.75, 3.05) is 23.7 Å². The number of carbonyl (C=O) groups excluding carboxylic acids is 2. The number of rotatable bonds is 7. The number of likely N-dealkylation sites (tertiary alicyclic amines) is 1. The van der Waals surface area contributed by atoms with Gasteiger partial charge >= 0.3 is 0 Å². The Kier molecular flexibility index (Phi) is 6.10. The number of piperidine rings is 1. The molecule has 3 heterocycles. The molecule has 0 aromatic carbocycles. The third-order valence-corrected chi connectivity index (χ3v) is 4.59. The van der Waals surface area contributed by atoms with E-state index < -0.39 is 5.91 Å². The molecule has 0 radical (unpaired) electrons. The average molecular weight is 398 g/mol. The van der Waals surface area contributed by atoms with Crippen molar-refractivity contribution in [1.82, 2.24) is 24.6 Å². The maximum atomic E-state index is 11.9. The third kappa shape index (κ3) is 4.89. The second-order valence-corrected chi connectivity index (χ2v) is 7.24. The van der Waals surface area contributed by atoms with E-state index in [1.165, 1.54) is 12.3 Å². The monoisotopic (exact) mass is 398 g/mol. The molecule has 4 N–H and O–H groups in total. The Labute approximate surface area is 169 Å². The zero-order valence-corrected chi connectivity index (χ0v) is 16.6. The molecule has 1 atom stereocenters. The maximum absolute atomic E-state index is 11.9. The summed E-state index contributed by atoms with van der Waals surface area (Å²) in [5.74, 6) is 0.0461. The minimum atomic E-state index is -0.594. The molecule has 10 heteroatoms. The summed E-state index contributed by atoms with van der Waals surface area (Å²) in [5.41, 5.74) is 6.33. The van der Waals surface area contributed by atoms with Crippen LogP contribution in [0.4, 0.5) is 17.5 Å². The van der Waals surface area contributed by atoms with E-state index in [-0.39, 0.29) is 23.6 Å². The third-order valence-electron chi connectivity index (χ3n) is 4.59. The lowest BCUT2D eigenvalue weighted by atomic mass is 10.1. The van der Waals surface area contributed by atoms with Gasteiger partial charge in [0.1, 0.15) is 5.82 Å². The van der Waals surface area contributed by atoms with Crippen molar-refractivity contribution >= 4 is 29.3 Å². The number of primary amides is 1. The van der Waals surface area contributed by atoms with Crippen molar-refractivity contribution in [3.63, 3.8) is 0 Å². The first-order valence-electron chi connectivity index (χ1n) is 9.53. The van der Waals surface area contributed by atoms with Crippen LogP contribution in [0.15, 0.2) is 31.2 Å². The zero-order chi connectivity index (χ0) is 21.0. The van der Waals surface area contributed by atoms with Gasteiger partial charge < -0.3 is 21.3 Å². The van der Waals surface area contributed by atoms with Crippen molar-refractivity contribution in [3.8, 4) is 0 Å². The Balaban J connectivity index is 1.73. The van der Waals surface area contributed by atoms with Crippen molar-refractivity contribution in [2.45, 2.75) is 38.8 Å². The van der Waals surface area contributed by atoms with Crippen LogP contribution in [0.2, 0.25) is 0 Å². The second-order valence-electron chi connectivity index (χ2n) is 7.24. The highest BCUT2D eigenvalue weighted by molar-refractivity contribution is 5.97. The molecular weight excluding hydrogens is 372 g/mol. The van der Waals surface area contributed by atoms with Gasteiger partial charge in [0.15, 0.2) is 0 Å². The van der Waals surface area contributed by atoms with Crippen LogP contribution in [0.5, 0.6) is 0 Å². The highest BCUT2D eigenvalue weighted by Gasteiger charge is 2.24. The minimum absolute atomic E-state index is 0.0617. The summed E-state index contributed by atoms with van der Waals surface area (Å²) in [6.07, 6.45) is 8.12. The summed E-state index contributed by atoms with van der Waals surface area (Å²) >= 11 is 0. The molecule has 0 aliphatic carbocycles. The van der Waals surface area contributed by atoms with Gasteiger partial charge in [-0.1, -0.05) is 6.58 Å². The van der Waals surface area contributed by atoms with Crippen LogP contribution in [0.3, 0.4) is 0 Å². The van der Waals surface area contributed by atoms with Gasteiger partial charge in [0.2, 0.25) is 11.9 Å². The number of carbonyl (C=O) groups is 2. The van der Waals surface area contributed by atoms with Gasteiger partial charge in [0.25, 0.3) is 5.91 Å². The number of aromatic nitrogens is 4. The fourth-order valence-corrected chi connectivity index (χ4v) is 3.24. The summed E-state index contributed by atoms with van der Waals surface area (Å²) in [7, 11) is 0. The highest BCUT2D eigenvalue weighted by atomic mass is 16.2. The minimum Gasteiger partial charge on any atom is -0.367 e. The van der Waals surface area contributed by atoms with Gasteiger partial charge in [0.05, 0.1) is 23.5 Å². The Morgan fingerprint density at radius 1 is 1.38 bits per heavy atom. The lowest BCUT2D eigenvalue weighted by molar-refractivity contribution is -0.127. The molecule has 1 aliphatic rings. The fourth-order valence-electron chi connectivity index (χ4n) is 3.24. The van der Waals surface area contributed by atoms with E-state index in [0.29, 0.717) is 24.0 Å². The predicted octanol–water partition coefficient (Wildman–Crippen LogP) is 1.69. The van der Waals surface area contributed by atoms with Gasteiger partial charge in [-0.2, -0.15) is 10.1 Å². The van der Waals surface area contributed by atoms with Crippen LogP contribution in [-0.2, 0) is 4.79 Å². The quantitative estimate of drug-likeness (QED) is 0.605. The van der Waals surface area contributed by atoms with Gasteiger partial charge in [-0.3, -0.25) is 14.3 Å². The molecule has 2 amide bonds. The fraction of sp³-hybridized carbons (Fsp3) is 0.421. The first-order chi connectivity index (χ1) is 13.9. The molecule has 0 spiro atoms. The zero-order valence-electron chi connectivity index (χ0n) is 16.6. The molecule has 2 aromatic rings. The molecule has 0 saturated carbocycles. The number of nitrogens with two attached hydrogens (primary N) is 1. The van der Waals surface area contributed by atoms with Crippen molar-refractivity contribution < 1.29 is 9.59 Å². The van der Waals surface area contributed by atoms with Crippen molar-refractivity contribution in [1.29, 1.82) is 0 Å². The van der Waals surface area contributed by atoms with Gasteiger partial charge in [0, 0.05) is 31.5 Å². The lowest BCUT2D eigenvalue weighted by Gasteiger charge is -2.32. The first-order valence-corrected chi connectivity index (χ1v) is 9.53. The smallest absolute Gasteiger partial charge is 0.254 e. The predicted molar refractivity (Wildman–Crippen MR) is 110 cm³/mol. The van der Waals surface area contributed by atoms with Crippen LogP contribution in [0.25, 0.3) is 0 Å². The summed E-state index contributed by atoms with van der Waals surface area (Å²) in [6, 6.07) is 0.172. The molecular formula is C19H26N8O2. The summed E-state index contributed by atoms with van der Waals surface area (Å²) < 4.78 is 1.84. The van der Waals surface area contributed by atoms with Crippen LogP contribution in [-0.4, -0.2) is 55.6 Å². The van der Waals surface area contributed by atoms with E-state index in [1.807, 2.05) is 24.7 Å². The van der Waals surface area contributed by atoms with Crippen LogP contribution in [0, 0.1) is 0 Å². The number of nitrogens with one attached hydrogen (secondary N) is 2. The second kappa shape index (κ2) is 8.72. The van der Waals surface area contributed by atoms with Crippen LogP contribution >= 0.6 is 0 Å². The Morgan fingerprint density at radius 2 is 2.17 bits per heavy atom.